The van der Waals surface area contributed by atoms with Gasteiger partial charge in [0.15, 0.2) is 13.1 Å². The Morgan fingerprint density at radius 1 is 1.16 bits per heavy atom. The Labute approximate surface area is 154 Å². The fourth-order valence-corrected chi connectivity index (χ4v) is 3.90. The molecule has 1 aliphatic rings. The molecule has 1 saturated carbocycles. The Balaban J connectivity index is 1.77. The summed E-state index contributed by atoms with van der Waals surface area (Å²) >= 11 is 1.60. The van der Waals surface area contributed by atoms with E-state index in [1.165, 1.54) is 19.3 Å². The van der Waals surface area contributed by atoms with Gasteiger partial charge in [0.1, 0.15) is 0 Å². The summed E-state index contributed by atoms with van der Waals surface area (Å²) in [5.74, 6) is 0.510. The number of amides is 2. The molecule has 25 heavy (non-hydrogen) atoms. The third-order valence-corrected chi connectivity index (χ3v) is 5.56. The molecule has 0 radical (unpaired) electrons. The lowest BCUT2D eigenvalue weighted by Crippen LogP contribution is -3.11. The topological polar surface area (TPSA) is 62.6 Å². The summed E-state index contributed by atoms with van der Waals surface area (Å²) in [4.78, 5) is 26.4. The summed E-state index contributed by atoms with van der Waals surface area (Å²) in [5, 5.41) is 6.09. The van der Waals surface area contributed by atoms with Crippen molar-refractivity contribution in [2.24, 2.45) is 5.92 Å². The summed E-state index contributed by atoms with van der Waals surface area (Å²) in [6.45, 7) is 2.80. The third kappa shape index (κ3) is 6.36. The van der Waals surface area contributed by atoms with Crippen LogP contribution in [0.25, 0.3) is 0 Å². The maximum absolute atomic E-state index is 12.2. The normalized spacial score (nSPS) is 21.4. The number of thioether (sulfide) groups is 1. The second-order valence-electron chi connectivity index (χ2n) is 6.99. The molecule has 0 saturated heterocycles. The molecule has 0 aromatic heterocycles. The first-order valence-electron chi connectivity index (χ1n) is 9.03. The SMILES string of the molecule is CSc1ccccc1NC(=O)C[NH+](C)CC(=O)N[C@H]1CCCC[C@@H]1C. The number of benzene rings is 1. The first-order valence-corrected chi connectivity index (χ1v) is 10.3. The van der Waals surface area contributed by atoms with Crippen molar-refractivity contribution in [3.8, 4) is 0 Å². The van der Waals surface area contributed by atoms with Crippen molar-refractivity contribution in [2.45, 2.75) is 43.5 Å². The van der Waals surface area contributed by atoms with Crippen LogP contribution in [0.3, 0.4) is 0 Å². The quantitative estimate of drug-likeness (QED) is 0.644. The fraction of sp³-hybridized carbons (Fsp3) is 0.579. The Hall–Kier alpha value is -1.53. The Kier molecular flexibility index (Phi) is 7.78. The van der Waals surface area contributed by atoms with Gasteiger partial charge in [-0.1, -0.05) is 31.9 Å². The molecule has 6 heteroatoms. The molecule has 2 amide bonds. The Bertz CT molecular complexity index is 594. The summed E-state index contributed by atoms with van der Waals surface area (Å²) in [7, 11) is 1.88. The number of carbonyl (C=O) groups excluding carboxylic acids is 2. The lowest BCUT2D eigenvalue weighted by molar-refractivity contribution is -0.862. The van der Waals surface area contributed by atoms with Crippen molar-refractivity contribution in [1.29, 1.82) is 0 Å². The van der Waals surface area contributed by atoms with Crippen LogP contribution >= 0.6 is 11.8 Å². The van der Waals surface area contributed by atoms with Gasteiger partial charge in [0, 0.05) is 10.9 Å². The fourth-order valence-electron chi connectivity index (χ4n) is 3.34. The van der Waals surface area contributed by atoms with Gasteiger partial charge < -0.3 is 15.5 Å². The molecule has 1 unspecified atom stereocenters. The zero-order valence-corrected chi connectivity index (χ0v) is 16.2. The minimum absolute atomic E-state index is 0.0357. The van der Waals surface area contributed by atoms with Gasteiger partial charge in [0.25, 0.3) is 11.8 Å². The predicted molar refractivity (Wildman–Crippen MR) is 103 cm³/mol. The molecule has 5 nitrogen and oxygen atoms in total. The van der Waals surface area contributed by atoms with E-state index in [0.29, 0.717) is 12.5 Å². The molecular weight excluding hydrogens is 334 g/mol. The van der Waals surface area contributed by atoms with Gasteiger partial charge in [-0.25, -0.2) is 0 Å². The van der Waals surface area contributed by atoms with Gasteiger partial charge in [-0.2, -0.15) is 0 Å². The van der Waals surface area contributed by atoms with Crippen LogP contribution in [0.5, 0.6) is 0 Å². The molecule has 0 heterocycles. The second kappa shape index (κ2) is 9.82. The number of para-hydroxylation sites is 1. The van der Waals surface area contributed by atoms with Crippen LogP contribution in [-0.4, -0.2) is 44.2 Å². The number of carbonyl (C=O) groups is 2. The van der Waals surface area contributed by atoms with E-state index in [-0.39, 0.29) is 24.4 Å². The van der Waals surface area contributed by atoms with Crippen LogP contribution in [0.2, 0.25) is 0 Å². The van der Waals surface area contributed by atoms with E-state index in [9.17, 15) is 9.59 Å². The van der Waals surface area contributed by atoms with E-state index in [1.54, 1.807) is 11.8 Å². The van der Waals surface area contributed by atoms with E-state index in [1.807, 2.05) is 37.6 Å². The number of rotatable bonds is 7. The molecule has 0 spiro atoms. The number of hydrogen-bond donors (Lipinski definition) is 3. The average Bonchev–Trinajstić information content (AvgIpc) is 2.57. The number of hydrogen-bond acceptors (Lipinski definition) is 3. The number of anilines is 1. The monoisotopic (exact) mass is 364 g/mol. The molecule has 0 aliphatic heterocycles. The zero-order valence-electron chi connectivity index (χ0n) is 15.4. The standard InChI is InChI=1S/C19H29N3O2S/c1-14-8-4-5-9-15(14)20-18(23)12-22(2)13-19(24)21-16-10-6-7-11-17(16)25-3/h6-7,10-11,14-15H,4-5,8-9,12-13H2,1-3H3,(H,20,23)(H,21,24)/p+1/t14-,15-/m0/s1. The first-order chi connectivity index (χ1) is 12.0. The van der Waals surface area contributed by atoms with Crippen LogP contribution in [0.4, 0.5) is 5.69 Å². The molecule has 1 aliphatic carbocycles. The smallest absolute Gasteiger partial charge is 0.279 e. The van der Waals surface area contributed by atoms with Gasteiger partial charge in [-0.05, 0) is 37.1 Å². The van der Waals surface area contributed by atoms with E-state index >= 15 is 0 Å². The number of quaternary nitrogens is 1. The van der Waals surface area contributed by atoms with Gasteiger partial charge in [-0.3, -0.25) is 9.59 Å². The maximum atomic E-state index is 12.2. The molecular formula is C19H30N3O2S+. The molecule has 3 N–H and O–H groups in total. The maximum Gasteiger partial charge on any atom is 0.279 e. The van der Waals surface area contributed by atoms with E-state index in [4.69, 9.17) is 0 Å². The molecule has 138 valence electrons. The molecule has 0 bridgehead atoms. The highest BCUT2D eigenvalue weighted by molar-refractivity contribution is 7.98. The van der Waals surface area contributed by atoms with Crippen molar-refractivity contribution >= 4 is 29.3 Å². The zero-order chi connectivity index (χ0) is 18.2. The number of nitrogens with one attached hydrogen (secondary N) is 3. The number of likely N-dealkylation sites (N-methyl/N-ethyl adjacent to an activating group) is 1. The van der Waals surface area contributed by atoms with Gasteiger partial charge >= 0.3 is 0 Å². The molecule has 1 fully saturated rings. The average molecular weight is 365 g/mol. The van der Waals surface area contributed by atoms with Crippen molar-refractivity contribution in [3.63, 3.8) is 0 Å². The van der Waals surface area contributed by atoms with Crippen LogP contribution in [0.1, 0.15) is 32.6 Å². The predicted octanol–water partition coefficient (Wildman–Crippen LogP) is 1.56. The highest BCUT2D eigenvalue weighted by atomic mass is 32.2. The lowest BCUT2D eigenvalue weighted by Gasteiger charge is -2.29. The van der Waals surface area contributed by atoms with E-state index in [0.717, 1.165) is 21.9 Å². The van der Waals surface area contributed by atoms with E-state index < -0.39 is 0 Å². The van der Waals surface area contributed by atoms with Crippen molar-refractivity contribution < 1.29 is 14.5 Å². The molecule has 3 atom stereocenters. The highest BCUT2D eigenvalue weighted by Gasteiger charge is 2.24. The largest absolute Gasteiger partial charge is 0.348 e. The Morgan fingerprint density at radius 3 is 2.56 bits per heavy atom. The van der Waals surface area contributed by atoms with Crippen LogP contribution in [-0.2, 0) is 9.59 Å². The summed E-state index contributed by atoms with van der Waals surface area (Å²) in [6, 6.07) is 8.03. The van der Waals surface area contributed by atoms with Gasteiger partial charge in [0.05, 0.1) is 12.7 Å². The van der Waals surface area contributed by atoms with E-state index in [2.05, 4.69) is 17.6 Å². The van der Waals surface area contributed by atoms with Crippen LogP contribution in [0, 0.1) is 5.92 Å². The summed E-state index contributed by atoms with van der Waals surface area (Å²) in [5.41, 5.74) is 0.827. The second-order valence-corrected chi connectivity index (χ2v) is 7.84. The third-order valence-electron chi connectivity index (χ3n) is 4.76. The lowest BCUT2D eigenvalue weighted by atomic mass is 9.86. The van der Waals surface area contributed by atoms with Gasteiger partial charge in [-0.15, -0.1) is 11.8 Å². The minimum atomic E-state index is -0.0714. The van der Waals surface area contributed by atoms with Crippen molar-refractivity contribution in [3.05, 3.63) is 24.3 Å². The van der Waals surface area contributed by atoms with Crippen molar-refractivity contribution in [1.82, 2.24) is 5.32 Å². The van der Waals surface area contributed by atoms with Crippen LogP contribution < -0.4 is 15.5 Å². The van der Waals surface area contributed by atoms with Crippen molar-refractivity contribution in [2.75, 3.05) is 31.7 Å². The summed E-state index contributed by atoms with van der Waals surface area (Å²) < 4.78 is 0. The van der Waals surface area contributed by atoms with Gasteiger partial charge in [0.2, 0.25) is 0 Å². The first kappa shape index (κ1) is 19.8. The van der Waals surface area contributed by atoms with Crippen LogP contribution in [0.15, 0.2) is 29.2 Å². The highest BCUT2D eigenvalue weighted by Crippen LogP contribution is 2.24. The molecule has 1 aromatic rings. The molecule has 1 aromatic carbocycles. The molecule has 2 rings (SSSR count). The summed E-state index contributed by atoms with van der Waals surface area (Å²) in [6.07, 6.45) is 6.69. The Morgan fingerprint density at radius 2 is 1.84 bits per heavy atom. The minimum Gasteiger partial charge on any atom is -0.348 e.